The lowest BCUT2D eigenvalue weighted by Crippen LogP contribution is -2.62. The molecule has 0 spiro atoms. The van der Waals surface area contributed by atoms with Gasteiger partial charge in [-0.15, -0.1) is 11.8 Å². The molecule has 12 nitrogen and oxygen atoms in total. The number of likely N-dealkylation sites (N-methyl/N-ethyl adjacent to an activating group) is 1. The van der Waals surface area contributed by atoms with Crippen LogP contribution in [0.2, 0.25) is 0 Å². The lowest BCUT2D eigenvalue weighted by Gasteiger charge is -2.45. The average molecular weight is 578 g/mol. The zero-order valence-corrected chi connectivity index (χ0v) is 23.7. The molecule has 0 radical (unpaired) electrons. The summed E-state index contributed by atoms with van der Waals surface area (Å²) in [5.41, 5.74) is 0.114. The number of amides is 3. The molecular weight excluding hydrogens is 542 g/mol. The molecule has 0 aromatic carbocycles. The Morgan fingerprint density at radius 2 is 1.68 bits per heavy atom. The summed E-state index contributed by atoms with van der Waals surface area (Å²) in [4.78, 5) is 68.5. The van der Waals surface area contributed by atoms with Crippen LogP contribution in [0.15, 0.2) is 48.6 Å². The number of hydrogen-bond donors (Lipinski definition) is 0. The first-order valence-corrected chi connectivity index (χ1v) is 13.6. The predicted octanol–water partition coefficient (Wildman–Crippen LogP) is 2.47. The summed E-state index contributed by atoms with van der Waals surface area (Å²) in [7, 11) is 3.22. The van der Waals surface area contributed by atoms with Crippen LogP contribution >= 0.6 is 11.8 Å². The minimum Gasteiger partial charge on any atom is -0.457 e. The van der Waals surface area contributed by atoms with Crippen LogP contribution in [0, 0.1) is 5.92 Å². The van der Waals surface area contributed by atoms with Gasteiger partial charge in [0, 0.05) is 37.2 Å². The van der Waals surface area contributed by atoms with Gasteiger partial charge in [0.2, 0.25) is 11.8 Å². The standard InChI is InChI=1S/C27H35N3O9S/c1-7-10-36-25(33)22-20(14-18-21(24(32)30(18)22)16(4)39-27(35)38-12-9-3)40-17-13-19(23(31)28(5)6)29(15-17)26(34)37-11-8-2/h7-9,16-19,21H,1-3,10-15H2,4-6H3/t16?,17-,18+,19-,21+/m0/s1. The fourth-order valence-corrected chi connectivity index (χ4v) is 6.41. The Morgan fingerprint density at radius 3 is 2.30 bits per heavy atom. The smallest absolute Gasteiger partial charge is 0.457 e. The molecule has 0 aliphatic carbocycles. The van der Waals surface area contributed by atoms with E-state index in [2.05, 4.69) is 19.7 Å². The van der Waals surface area contributed by atoms with Gasteiger partial charge < -0.3 is 28.7 Å². The Morgan fingerprint density at radius 1 is 1.05 bits per heavy atom. The van der Waals surface area contributed by atoms with Crippen LogP contribution in [0.1, 0.15) is 19.8 Å². The molecule has 0 aromatic heterocycles. The monoisotopic (exact) mass is 577 g/mol. The van der Waals surface area contributed by atoms with E-state index in [1.54, 1.807) is 21.0 Å². The van der Waals surface area contributed by atoms with E-state index in [0.717, 1.165) is 0 Å². The largest absolute Gasteiger partial charge is 0.508 e. The van der Waals surface area contributed by atoms with Gasteiger partial charge in [0.1, 0.15) is 37.7 Å². The highest BCUT2D eigenvalue weighted by atomic mass is 32.2. The lowest BCUT2D eigenvalue weighted by atomic mass is 9.83. The third-order valence-electron chi connectivity index (χ3n) is 6.66. The SMILES string of the molecule is C=CCOC(=O)OC(C)[C@H]1C(=O)N2C(C(=O)OCC=C)=C(S[C@H]3C[C@@H](C(=O)N(C)C)N(C(=O)OCC=C)C3)C[C@H]12. The van der Waals surface area contributed by atoms with E-state index >= 15 is 0 Å². The highest BCUT2D eigenvalue weighted by Gasteiger charge is 2.58. The van der Waals surface area contributed by atoms with Gasteiger partial charge in [-0.3, -0.25) is 14.5 Å². The second kappa shape index (κ2) is 13.6. The third kappa shape index (κ3) is 6.52. The summed E-state index contributed by atoms with van der Waals surface area (Å²) < 4.78 is 20.6. The number of hydrogen-bond acceptors (Lipinski definition) is 10. The molecule has 40 heavy (non-hydrogen) atoms. The Hall–Kier alpha value is -3.74. The van der Waals surface area contributed by atoms with Crippen molar-refractivity contribution < 1.29 is 42.9 Å². The maximum atomic E-state index is 13.2. The summed E-state index contributed by atoms with van der Waals surface area (Å²) in [5, 5.41) is -0.266. The van der Waals surface area contributed by atoms with Crippen molar-refractivity contribution in [1.82, 2.24) is 14.7 Å². The maximum absolute atomic E-state index is 13.2. The van der Waals surface area contributed by atoms with Gasteiger partial charge in [0.05, 0.1) is 12.0 Å². The van der Waals surface area contributed by atoms with Crippen LogP contribution in [0.25, 0.3) is 0 Å². The van der Waals surface area contributed by atoms with Gasteiger partial charge in [0.15, 0.2) is 0 Å². The van der Waals surface area contributed by atoms with Crippen molar-refractivity contribution in [1.29, 1.82) is 0 Å². The van der Waals surface area contributed by atoms with Gasteiger partial charge in [-0.25, -0.2) is 14.4 Å². The number of rotatable bonds is 12. The van der Waals surface area contributed by atoms with E-state index in [1.807, 2.05) is 0 Å². The molecule has 0 N–H and O–H groups in total. The number of carbonyl (C=O) groups excluding carboxylic acids is 5. The van der Waals surface area contributed by atoms with Crippen molar-refractivity contribution in [3.05, 3.63) is 48.6 Å². The first-order valence-electron chi connectivity index (χ1n) is 12.8. The molecule has 3 aliphatic heterocycles. The average Bonchev–Trinajstić information content (AvgIpc) is 3.48. The lowest BCUT2D eigenvalue weighted by molar-refractivity contribution is -0.162. The second-order valence-corrected chi connectivity index (χ2v) is 11.0. The van der Waals surface area contributed by atoms with Crippen LogP contribution < -0.4 is 0 Å². The number of esters is 1. The van der Waals surface area contributed by atoms with E-state index in [4.69, 9.17) is 18.9 Å². The molecule has 3 amide bonds. The molecule has 3 aliphatic rings. The van der Waals surface area contributed by atoms with Crippen LogP contribution in [0.3, 0.4) is 0 Å². The Kier molecular flexibility index (Phi) is 10.4. The first kappa shape index (κ1) is 30.8. The molecule has 0 saturated carbocycles. The van der Waals surface area contributed by atoms with Crippen LogP contribution in [0.4, 0.5) is 9.59 Å². The van der Waals surface area contributed by atoms with Crippen LogP contribution in [-0.4, -0.2) is 109 Å². The number of β-lactam (4-membered cyclic amide) rings is 1. The number of carbonyl (C=O) groups is 5. The predicted molar refractivity (Wildman–Crippen MR) is 146 cm³/mol. The Balaban J connectivity index is 1.81. The van der Waals surface area contributed by atoms with E-state index in [-0.39, 0.29) is 49.1 Å². The minimum atomic E-state index is -0.921. The third-order valence-corrected chi connectivity index (χ3v) is 7.98. The number of nitrogens with zero attached hydrogens (tertiary/aromatic N) is 3. The number of fused-ring (bicyclic) bond motifs is 1. The normalized spacial score (nSPS) is 23.9. The minimum absolute atomic E-state index is 0.00197. The molecule has 2 saturated heterocycles. The maximum Gasteiger partial charge on any atom is 0.508 e. The van der Waals surface area contributed by atoms with Gasteiger partial charge in [-0.2, -0.15) is 0 Å². The fraction of sp³-hybridized carbons (Fsp3) is 0.519. The van der Waals surface area contributed by atoms with E-state index < -0.39 is 42.3 Å². The molecule has 0 bridgehead atoms. The Labute approximate surface area is 237 Å². The molecule has 1 unspecified atom stereocenters. The van der Waals surface area contributed by atoms with Gasteiger partial charge in [-0.1, -0.05) is 38.0 Å². The van der Waals surface area contributed by atoms with Crippen molar-refractivity contribution in [3.63, 3.8) is 0 Å². The summed E-state index contributed by atoms with van der Waals surface area (Å²) in [6.07, 6.45) is 2.54. The molecule has 13 heteroatoms. The second-order valence-electron chi connectivity index (χ2n) is 9.58. The summed E-state index contributed by atoms with van der Waals surface area (Å²) in [6.45, 7) is 12.3. The number of ether oxygens (including phenoxy) is 4. The van der Waals surface area contributed by atoms with Gasteiger partial charge in [-0.05, 0) is 13.3 Å². The topological polar surface area (TPSA) is 132 Å². The number of thioether (sulfide) groups is 1. The quantitative estimate of drug-likeness (QED) is 0.147. The van der Waals surface area contributed by atoms with Crippen molar-refractivity contribution in [3.8, 4) is 0 Å². The molecular formula is C27H35N3O9S. The van der Waals surface area contributed by atoms with E-state index in [1.165, 1.54) is 44.7 Å². The molecule has 3 rings (SSSR count). The molecule has 5 atom stereocenters. The zero-order valence-electron chi connectivity index (χ0n) is 22.9. The molecule has 218 valence electrons. The first-order chi connectivity index (χ1) is 19.0. The van der Waals surface area contributed by atoms with E-state index in [0.29, 0.717) is 17.7 Å². The molecule has 0 aromatic rings. The van der Waals surface area contributed by atoms with Crippen molar-refractivity contribution in [2.45, 2.75) is 43.2 Å². The van der Waals surface area contributed by atoms with Gasteiger partial charge in [0.25, 0.3) is 0 Å². The summed E-state index contributed by atoms with van der Waals surface area (Å²) in [6, 6.07) is -1.18. The zero-order chi connectivity index (χ0) is 29.6. The highest BCUT2D eigenvalue weighted by Crippen LogP contribution is 2.50. The van der Waals surface area contributed by atoms with Crippen molar-refractivity contribution in [2.24, 2.45) is 5.92 Å². The Bertz CT molecular complexity index is 1100. The molecule has 3 heterocycles. The van der Waals surface area contributed by atoms with Gasteiger partial charge >= 0.3 is 18.2 Å². The van der Waals surface area contributed by atoms with Crippen LogP contribution in [-0.2, 0) is 33.3 Å². The van der Waals surface area contributed by atoms with Crippen LogP contribution in [0.5, 0.6) is 0 Å². The number of likely N-dealkylation sites (tertiary alicyclic amines) is 1. The fourth-order valence-electron chi connectivity index (χ4n) is 4.93. The highest BCUT2D eigenvalue weighted by molar-refractivity contribution is 8.03. The molecule has 2 fully saturated rings. The summed E-state index contributed by atoms with van der Waals surface area (Å²) >= 11 is 1.33. The summed E-state index contributed by atoms with van der Waals surface area (Å²) in [5.74, 6) is -2.00. The van der Waals surface area contributed by atoms with E-state index in [9.17, 15) is 24.0 Å². The van der Waals surface area contributed by atoms with Crippen molar-refractivity contribution >= 4 is 41.8 Å². The van der Waals surface area contributed by atoms with Crippen molar-refractivity contribution in [2.75, 3.05) is 40.5 Å².